The van der Waals surface area contributed by atoms with Crippen LogP contribution in [0.4, 0.5) is 5.69 Å². The molecule has 0 aliphatic carbocycles. The first-order chi connectivity index (χ1) is 9.61. The van der Waals surface area contributed by atoms with E-state index in [0.717, 1.165) is 12.8 Å². The molecule has 1 aliphatic heterocycles. The Balaban J connectivity index is 1.88. The molecule has 0 saturated carbocycles. The van der Waals surface area contributed by atoms with Gasteiger partial charge in [0.25, 0.3) is 11.6 Å². The van der Waals surface area contributed by atoms with E-state index in [4.69, 9.17) is 9.84 Å². The van der Waals surface area contributed by atoms with Gasteiger partial charge in [-0.25, -0.2) is 0 Å². The summed E-state index contributed by atoms with van der Waals surface area (Å²) in [5.74, 6) is 0.226. The number of aliphatic hydroxyl groups excluding tert-OH is 1. The number of likely N-dealkylation sites (tertiary alicyclic amines) is 1. The minimum Gasteiger partial charge on any atom is -0.484 e. The Labute approximate surface area is 115 Å². The summed E-state index contributed by atoms with van der Waals surface area (Å²) in [6, 6.07) is 5.44. The van der Waals surface area contributed by atoms with Gasteiger partial charge in [-0.1, -0.05) is 0 Å². The lowest BCUT2D eigenvalue weighted by molar-refractivity contribution is -0.384. The second kappa shape index (κ2) is 6.33. The van der Waals surface area contributed by atoms with Crippen molar-refractivity contribution in [2.75, 3.05) is 19.8 Å². The van der Waals surface area contributed by atoms with Crippen molar-refractivity contribution in [1.29, 1.82) is 0 Å². The number of nitro benzene ring substituents is 1. The lowest BCUT2D eigenvalue weighted by atomic mass is 10.2. The Kier molecular flexibility index (Phi) is 4.52. The minimum atomic E-state index is -0.495. The first kappa shape index (κ1) is 14.3. The molecule has 20 heavy (non-hydrogen) atoms. The minimum absolute atomic E-state index is 0.0245. The summed E-state index contributed by atoms with van der Waals surface area (Å²) in [4.78, 5) is 23.6. The van der Waals surface area contributed by atoms with Gasteiger partial charge in [0.15, 0.2) is 6.61 Å². The Morgan fingerprint density at radius 2 is 2.15 bits per heavy atom. The molecule has 7 heteroatoms. The Morgan fingerprint density at radius 1 is 1.45 bits per heavy atom. The molecule has 1 fully saturated rings. The van der Waals surface area contributed by atoms with E-state index < -0.39 is 4.92 Å². The van der Waals surface area contributed by atoms with Gasteiger partial charge in [0.1, 0.15) is 5.75 Å². The van der Waals surface area contributed by atoms with E-state index in [1.807, 2.05) is 0 Å². The molecule has 0 spiro atoms. The van der Waals surface area contributed by atoms with E-state index in [-0.39, 0.29) is 30.9 Å². The van der Waals surface area contributed by atoms with Crippen LogP contribution in [-0.4, -0.2) is 46.6 Å². The lowest BCUT2D eigenvalue weighted by Crippen LogP contribution is -2.40. The maximum Gasteiger partial charge on any atom is 0.269 e. The number of hydrogen-bond acceptors (Lipinski definition) is 5. The molecule has 0 aromatic heterocycles. The first-order valence-electron chi connectivity index (χ1n) is 6.39. The van der Waals surface area contributed by atoms with Crippen LogP contribution in [0.3, 0.4) is 0 Å². The van der Waals surface area contributed by atoms with Gasteiger partial charge in [0, 0.05) is 18.7 Å². The summed E-state index contributed by atoms with van der Waals surface area (Å²) in [5.41, 5.74) is -0.0245. The standard InChI is InChI=1S/C13H16N2O5/c16-8-11-2-1-7-14(11)13(17)9-20-12-5-3-10(4-6-12)15(18)19/h3-6,11,16H,1-2,7-9H2/t11-/m1/s1. The smallest absolute Gasteiger partial charge is 0.269 e. The number of amides is 1. The van der Waals surface area contributed by atoms with Crippen molar-refractivity contribution in [2.45, 2.75) is 18.9 Å². The van der Waals surface area contributed by atoms with Crippen molar-refractivity contribution in [1.82, 2.24) is 4.90 Å². The molecule has 0 unspecified atom stereocenters. The monoisotopic (exact) mass is 280 g/mol. The Bertz CT molecular complexity index is 488. The molecule has 1 saturated heterocycles. The Hall–Kier alpha value is -2.15. The van der Waals surface area contributed by atoms with Crippen molar-refractivity contribution >= 4 is 11.6 Å². The first-order valence-corrected chi connectivity index (χ1v) is 6.39. The van der Waals surface area contributed by atoms with Crippen LogP contribution in [-0.2, 0) is 4.79 Å². The largest absolute Gasteiger partial charge is 0.484 e. The predicted molar refractivity (Wildman–Crippen MR) is 70.4 cm³/mol. The summed E-state index contributed by atoms with van der Waals surface area (Å²) in [6.45, 7) is 0.464. The average Bonchev–Trinajstić information content (AvgIpc) is 2.93. The quantitative estimate of drug-likeness (QED) is 0.640. The van der Waals surface area contributed by atoms with Crippen LogP contribution in [0.1, 0.15) is 12.8 Å². The number of nitrogens with zero attached hydrogens (tertiary/aromatic N) is 2. The number of benzene rings is 1. The van der Waals surface area contributed by atoms with Crippen molar-refractivity contribution in [3.8, 4) is 5.75 Å². The van der Waals surface area contributed by atoms with Crippen molar-refractivity contribution in [3.05, 3.63) is 34.4 Å². The van der Waals surface area contributed by atoms with Gasteiger partial charge in [-0.2, -0.15) is 0 Å². The molecule has 0 radical (unpaired) electrons. The van der Waals surface area contributed by atoms with Gasteiger partial charge in [-0.3, -0.25) is 14.9 Å². The topological polar surface area (TPSA) is 92.9 Å². The second-order valence-electron chi connectivity index (χ2n) is 4.61. The average molecular weight is 280 g/mol. The van der Waals surface area contributed by atoms with Crippen LogP contribution < -0.4 is 4.74 Å². The highest BCUT2D eigenvalue weighted by atomic mass is 16.6. The van der Waals surface area contributed by atoms with Crippen molar-refractivity contribution < 1.29 is 19.6 Å². The number of rotatable bonds is 5. The third-order valence-corrected chi connectivity index (χ3v) is 3.32. The SMILES string of the molecule is O=C(COc1ccc([N+](=O)[O-])cc1)N1CCC[C@@H]1CO. The summed E-state index contributed by atoms with van der Waals surface area (Å²) in [7, 11) is 0. The highest BCUT2D eigenvalue weighted by Crippen LogP contribution is 2.19. The van der Waals surface area contributed by atoms with E-state index in [1.54, 1.807) is 4.90 Å². The molecule has 7 nitrogen and oxygen atoms in total. The molecule has 0 bridgehead atoms. The molecule has 1 aromatic rings. The van der Waals surface area contributed by atoms with E-state index in [9.17, 15) is 14.9 Å². The number of aliphatic hydroxyl groups is 1. The van der Waals surface area contributed by atoms with Crippen LogP contribution in [0.25, 0.3) is 0 Å². The van der Waals surface area contributed by atoms with Crippen molar-refractivity contribution in [3.63, 3.8) is 0 Å². The summed E-state index contributed by atoms with van der Waals surface area (Å²) >= 11 is 0. The summed E-state index contributed by atoms with van der Waals surface area (Å²) < 4.78 is 5.31. The molecule has 1 aliphatic rings. The fourth-order valence-electron chi connectivity index (χ4n) is 2.25. The van der Waals surface area contributed by atoms with E-state index in [1.165, 1.54) is 24.3 Å². The van der Waals surface area contributed by atoms with Gasteiger partial charge < -0.3 is 14.7 Å². The number of nitro groups is 1. The third kappa shape index (κ3) is 3.24. The second-order valence-corrected chi connectivity index (χ2v) is 4.61. The lowest BCUT2D eigenvalue weighted by Gasteiger charge is -2.22. The van der Waals surface area contributed by atoms with E-state index in [2.05, 4.69) is 0 Å². The van der Waals surface area contributed by atoms with E-state index >= 15 is 0 Å². The fraction of sp³-hybridized carbons (Fsp3) is 0.462. The van der Waals surface area contributed by atoms with Gasteiger partial charge in [-0.15, -0.1) is 0 Å². The van der Waals surface area contributed by atoms with E-state index in [0.29, 0.717) is 12.3 Å². The number of hydrogen-bond donors (Lipinski definition) is 1. The maximum absolute atomic E-state index is 11.9. The molecule has 1 amide bonds. The number of carbonyl (C=O) groups is 1. The van der Waals surface area contributed by atoms with Gasteiger partial charge in [0.2, 0.25) is 0 Å². The highest BCUT2D eigenvalue weighted by molar-refractivity contribution is 5.78. The van der Waals surface area contributed by atoms with Crippen LogP contribution in [0, 0.1) is 10.1 Å². The molecule has 1 heterocycles. The van der Waals surface area contributed by atoms with Gasteiger partial charge >= 0.3 is 0 Å². The Morgan fingerprint density at radius 3 is 2.75 bits per heavy atom. The highest BCUT2D eigenvalue weighted by Gasteiger charge is 2.28. The van der Waals surface area contributed by atoms with Gasteiger partial charge in [0.05, 0.1) is 17.6 Å². The molecule has 2 rings (SSSR count). The van der Waals surface area contributed by atoms with Crippen LogP contribution in [0.5, 0.6) is 5.75 Å². The number of carbonyl (C=O) groups excluding carboxylic acids is 1. The predicted octanol–water partition coefficient (Wildman–Crippen LogP) is 0.957. The molecule has 1 N–H and O–H groups in total. The molecular weight excluding hydrogens is 264 g/mol. The molecule has 108 valence electrons. The zero-order chi connectivity index (χ0) is 14.5. The molecular formula is C13H16N2O5. The van der Waals surface area contributed by atoms with Gasteiger partial charge in [-0.05, 0) is 25.0 Å². The van der Waals surface area contributed by atoms with Crippen LogP contribution in [0.15, 0.2) is 24.3 Å². The van der Waals surface area contributed by atoms with Crippen LogP contribution >= 0.6 is 0 Å². The third-order valence-electron chi connectivity index (χ3n) is 3.32. The maximum atomic E-state index is 11.9. The normalized spacial score (nSPS) is 18.1. The summed E-state index contributed by atoms with van der Waals surface area (Å²) in [6.07, 6.45) is 1.69. The summed E-state index contributed by atoms with van der Waals surface area (Å²) in [5, 5.41) is 19.7. The van der Waals surface area contributed by atoms with Crippen LogP contribution in [0.2, 0.25) is 0 Å². The zero-order valence-corrected chi connectivity index (χ0v) is 10.9. The number of non-ortho nitro benzene ring substituents is 1. The number of ether oxygens (including phenoxy) is 1. The van der Waals surface area contributed by atoms with Crippen molar-refractivity contribution in [2.24, 2.45) is 0 Å². The zero-order valence-electron chi connectivity index (χ0n) is 10.9. The fourth-order valence-corrected chi connectivity index (χ4v) is 2.25. The molecule has 1 atom stereocenters. The molecule has 1 aromatic carbocycles.